The first-order valence-corrected chi connectivity index (χ1v) is 4.94. The van der Waals surface area contributed by atoms with Crippen LogP contribution in [-0.2, 0) is 4.79 Å². The summed E-state index contributed by atoms with van der Waals surface area (Å²) in [5.74, 6) is 0.373. The maximum absolute atomic E-state index is 10.9. The molecule has 0 N–H and O–H groups in total. The molecule has 70 valence electrons. The summed E-state index contributed by atoms with van der Waals surface area (Å²) in [7, 11) is 0. The van der Waals surface area contributed by atoms with E-state index in [9.17, 15) is 4.79 Å². The quantitative estimate of drug-likeness (QED) is 0.555. The van der Waals surface area contributed by atoms with Gasteiger partial charge in [-0.05, 0) is 19.3 Å². The number of hydrogen-bond acceptors (Lipinski definition) is 1. The summed E-state index contributed by atoms with van der Waals surface area (Å²) in [6, 6.07) is 0. The van der Waals surface area contributed by atoms with Crippen molar-refractivity contribution in [1.82, 2.24) is 0 Å². The first-order chi connectivity index (χ1) is 5.74. The fourth-order valence-corrected chi connectivity index (χ4v) is 1.15. The van der Waals surface area contributed by atoms with Crippen LogP contribution in [0.15, 0.2) is 11.6 Å². The molecule has 0 bridgehead atoms. The van der Waals surface area contributed by atoms with Crippen molar-refractivity contribution < 1.29 is 4.79 Å². The number of allylic oxidation sites excluding steroid dienone is 2. The largest absolute Gasteiger partial charge is 0.300 e. The van der Waals surface area contributed by atoms with Gasteiger partial charge < -0.3 is 0 Å². The van der Waals surface area contributed by atoms with E-state index >= 15 is 0 Å². The van der Waals surface area contributed by atoms with Crippen molar-refractivity contribution in [1.29, 1.82) is 0 Å². The van der Waals surface area contributed by atoms with E-state index < -0.39 is 0 Å². The van der Waals surface area contributed by atoms with Crippen LogP contribution in [0.4, 0.5) is 0 Å². The first-order valence-electron chi connectivity index (χ1n) is 4.94. The highest BCUT2D eigenvalue weighted by Crippen LogP contribution is 2.08. The third-order valence-electron chi connectivity index (χ3n) is 2.16. The zero-order valence-electron chi connectivity index (χ0n) is 8.52. The van der Waals surface area contributed by atoms with Gasteiger partial charge in [0.05, 0.1) is 0 Å². The molecule has 0 aliphatic rings. The highest BCUT2D eigenvalue weighted by molar-refractivity contribution is 5.78. The van der Waals surface area contributed by atoms with Crippen molar-refractivity contribution in [3.63, 3.8) is 0 Å². The summed E-state index contributed by atoms with van der Waals surface area (Å²) >= 11 is 0. The fourth-order valence-electron chi connectivity index (χ4n) is 1.15. The lowest BCUT2D eigenvalue weighted by molar-refractivity contribution is -0.118. The van der Waals surface area contributed by atoms with E-state index in [0.29, 0.717) is 12.2 Å². The molecule has 0 unspecified atom stereocenters. The maximum atomic E-state index is 10.9. The normalized spacial score (nSPS) is 9.58. The van der Waals surface area contributed by atoms with Crippen LogP contribution in [0.1, 0.15) is 52.9 Å². The van der Waals surface area contributed by atoms with E-state index in [0.717, 1.165) is 25.7 Å². The zero-order valence-corrected chi connectivity index (χ0v) is 8.52. The Labute approximate surface area is 75.9 Å². The lowest BCUT2D eigenvalue weighted by atomic mass is 10.1. The summed E-state index contributed by atoms with van der Waals surface area (Å²) in [5.41, 5.74) is 1.47. The summed E-state index contributed by atoms with van der Waals surface area (Å²) in [6.45, 7) is 6.25. The number of ketones is 1. The Morgan fingerprint density at radius 1 is 1.08 bits per heavy atom. The Morgan fingerprint density at radius 3 is 2.08 bits per heavy atom. The molecular formula is C11H20O. The van der Waals surface area contributed by atoms with Crippen molar-refractivity contribution in [2.45, 2.75) is 52.9 Å². The van der Waals surface area contributed by atoms with Crippen LogP contribution < -0.4 is 0 Å². The highest BCUT2D eigenvalue weighted by atomic mass is 16.1. The molecule has 0 rings (SSSR count). The molecule has 0 fully saturated rings. The van der Waals surface area contributed by atoms with E-state index in [2.05, 4.69) is 19.9 Å². The van der Waals surface area contributed by atoms with Gasteiger partial charge in [0, 0.05) is 12.8 Å². The summed E-state index contributed by atoms with van der Waals surface area (Å²) in [5, 5.41) is 0. The average molecular weight is 168 g/mol. The third kappa shape index (κ3) is 5.11. The summed E-state index contributed by atoms with van der Waals surface area (Å²) in [6.07, 6.45) is 6.80. The van der Waals surface area contributed by atoms with Crippen LogP contribution in [0.25, 0.3) is 0 Å². The molecule has 0 heterocycles. The highest BCUT2D eigenvalue weighted by Gasteiger charge is 1.96. The second kappa shape index (κ2) is 7.08. The first kappa shape index (κ1) is 11.4. The number of rotatable bonds is 6. The lowest BCUT2D eigenvalue weighted by Gasteiger charge is -1.99. The second-order valence-electron chi connectivity index (χ2n) is 3.00. The molecule has 0 aromatic rings. The van der Waals surface area contributed by atoms with E-state index in [1.807, 2.05) is 6.92 Å². The van der Waals surface area contributed by atoms with E-state index in [1.54, 1.807) is 0 Å². The Balaban J connectivity index is 3.64. The van der Waals surface area contributed by atoms with Crippen molar-refractivity contribution in [3.8, 4) is 0 Å². The SMILES string of the molecule is CCC(=O)CCC=C(CC)CC. The standard InChI is InChI=1S/C11H20O/c1-4-10(5-2)8-7-9-11(12)6-3/h8H,4-7,9H2,1-3H3. The van der Waals surface area contributed by atoms with Crippen molar-refractivity contribution >= 4 is 5.78 Å². The molecule has 0 aliphatic heterocycles. The molecule has 0 spiro atoms. The number of Topliss-reactive ketones (excluding diaryl/α,β-unsaturated/α-hetero) is 1. The van der Waals surface area contributed by atoms with Crippen LogP contribution in [0, 0.1) is 0 Å². The number of carbonyl (C=O) groups is 1. The molecule has 12 heavy (non-hydrogen) atoms. The van der Waals surface area contributed by atoms with E-state index in [4.69, 9.17) is 0 Å². The smallest absolute Gasteiger partial charge is 0.132 e. The molecule has 0 radical (unpaired) electrons. The topological polar surface area (TPSA) is 17.1 Å². The van der Waals surface area contributed by atoms with Crippen molar-refractivity contribution in [2.24, 2.45) is 0 Å². The van der Waals surface area contributed by atoms with Gasteiger partial charge in [-0.15, -0.1) is 0 Å². The van der Waals surface area contributed by atoms with Crippen LogP contribution in [0.2, 0.25) is 0 Å². The Bertz CT molecular complexity index is 150. The van der Waals surface area contributed by atoms with Gasteiger partial charge in [0.1, 0.15) is 5.78 Å². The van der Waals surface area contributed by atoms with Crippen LogP contribution in [0.5, 0.6) is 0 Å². The Hall–Kier alpha value is -0.590. The predicted molar refractivity (Wildman–Crippen MR) is 53.2 cm³/mol. The molecule has 0 aliphatic carbocycles. The van der Waals surface area contributed by atoms with Crippen molar-refractivity contribution in [3.05, 3.63) is 11.6 Å². The monoisotopic (exact) mass is 168 g/mol. The second-order valence-corrected chi connectivity index (χ2v) is 3.00. The molecule has 0 saturated carbocycles. The fraction of sp³-hybridized carbons (Fsp3) is 0.727. The Kier molecular flexibility index (Phi) is 6.73. The molecule has 0 aromatic carbocycles. The van der Waals surface area contributed by atoms with Gasteiger partial charge in [0.25, 0.3) is 0 Å². The van der Waals surface area contributed by atoms with Gasteiger partial charge in [-0.1, -0.05) is 32.4 Å². The molecule has 0 aromatic heterocycles. The van der Waals surface area contributed by atoms with E-state index in [1.165, 1.54) is 5.57 Å². The van der Waals surface area contributed by atoms with Gasteiger partial charge in [0.2, 0.25) is 0 Å². The van der Waals surface area contributed by atoms with Gasteiger partial charge in [0.15, 0.2) is 0 Å². The van der Waals surface area contributed by atoms with Crippen LogP contribution >= 0.6 is 0 Å². The molecule has 1 heteroatoms. The van der Waals surface area contributed by atoms with Crippen molar-refractivity contribution in [2.75, 3.05) is 0 Å². The summed E-state index contributed by atoms with van der Waals surface area (Å²) < 4.78 is 0. The predicted octanol–water partition coefficient (Wildman–Crippen LogP) is 3.49. The minimum Gasteiger partial charge on any atom is -0.300 e. The summed E-state index contributed by atoms with van der Waals surface area (Å²) in [4.78, 5) is 10.9. The lowest BCUT2D eigenvalue weighted by Crippen LogP contribution is -1.93. The number of carbonyl (C=O) groups excluding carboxylic acids is 1. The average Bonchev–Trinajstić information content (AvgIpc) is 2.12. The third-order valence-corrected chi connectivity index (χ3v) is 2.16. The maximum Gasteiger partial charge on any atom is 0.132 e. The van der Waals surface area contributed by atoms with Crippen LogP contribution in [0.3, 0.4) is 0 Å². The van der Waals surface area contributed by atoms with Crippen LogP contribution in [-0.4, -0.2) is 5.78 Å². The zero-order chi connectivity index (χ0) is 9.40. The van der Waals surface area contributed by atoms with Gasteiger partial charge in [-0.3, -0.25) is 4.79 Å². The number of hydrogen-bond donors (Lipinski definition) is 0. The molecule has 0 amide bonds. The minimum absolute atomic E-state index is 0.373. The van der Waals surface area contributed by atoms with Gasteiger partial charge >= 0.3 is 0 Å². The molecule has 1 nitrogen and oxygen atoms in total. The molecule has 0 saturated heterocycles. The van der Waals surface area contributed by atoms with E-state index in [-0.39, 0.29) is 0 Å². The Morgan fingerprint density at radius 2 is 1.67 bits per heavy atom. The molecule has 0 atom stereocenters. The van der Waals surface area contributed by atoms with Gasteiger partial charge in [-0.2, -0.15) is 0 Å². The van der Waals surface area contributed by atoms with Gasteiger partial charge in [-0.25, -0.2) is 0 Å². The molecular weight excluding hydrogens is 148 g/mol. The minimum atomic E-state index is 0.373.